The Labute approximate surface area is 114 Å². The van der Waals surface area contributed by atoms with Crippen LogP contribution in [0.2, 0.25) is 0 Å². The molecule has 1 atom stereocenters. The van der Waals surface area contributed by atoms with Crippen molar-refractivity contribution >= 4 is 16.6 Å². The van der Waals surface area contributed by atoms with E-state index in [0.29, 0.717) is 6.54 Å². The number of para-hydroxylation sites is 1. The van der Waals surface area contributed by atoms with E-state index in [1.165, 1.54) is 23.9 Å². The van der Waals surface area contributed by atoms with Crippen molar-refractivity contribution in [2.75, 3.05) is 18.0 Å². The first-order chi connectivity index (χ1) is 9.31. The highest BCUT2D eigenvalue weighted by atomic mass is 15.2. The monoisotopic (exact) mass is 255 g/mol. The topological polar surface area (TPSA) is 42.1 Å². The van der Waals surface area contributed by atoms with Crippen LogP contribution in [-0.4, -0.2) is 18.1 Å². The van der Waals surface area contributed by atoms with E-state index < -0.39 is 0 Å². The van der Waals surface area contributed by atoms with Crippen molar-refractivity contribution in [1.29, 1.82) is 0 Å². The van der Waals surface area contributed by atoms with Crippen molar-refractivity contribution in [2.45, 2.75) is 26.3 Å². The quantitative estimate of drug-likeness (QED) is 0.917. The zero-order valence-electron chi connectivity index (χ0n) is 11.5. The summed E-state index contributed by atoms with van der Waals surface area (Å²) in [7, 11) is 0. The zero-order chi connectivity index (χ0) is 13.2. The average molecular weight is 255 g/mol. The van der Waals surface area contributed by atoms with Gasteiger partial charge in [-0.2, -0.15) is 0 Å². The Bertz CT molecular complexity index is 579. The summed E-state index contributed by atoms with van der Waals surface area (Å²) in [5.41, 5.74) is 9.12. The Balaban J connectivity index is 2.06. The van der Waals surface area contributed by atoms with E-state index in [4.69, 9.17) is 5.73 Å². The predicted molar refractivity (Wildman–Crippen MR) is 80.2 cm³/mol. The number of nitrogens with two attached hydrogens (primary N) is 1. The Hall–Kier alpha value is -1.61. The summed E-state index contributed by atoms with van der Waals surface area (Å²) < 4.78 is 0. The van der Waals surface area contributed by atoms with E-state index in [1.54, 1.807) is 0 Å². The molecule has 3 rings (SSSR count). The Morgan fingerprint density at radius 1 is 1.37 bits per heavy atom. The molecule has 0 amide bonds. The molecule has 0 aliphatic carbocycles. The second-order valence-corrected chi connectivity index (χ2v) is 5.36. The highest BCUT2D eigenvalue weighted by molar-refractivity contribution is 5.92. The molecular weight excluding hydrogens is 234 g/mol. The maximum Gasteiger partial charge on any atom is 0.0726 e. The normalized spacial score (nSPS) is 19.3. The van der Waals surface area contributed by atoms with Crippen molar-refractivity contribution < 1.29 is 0 Å². The second-order valence-electron chi connectivity index (χ2n) is 5.36. The number of hydrogen-bond donors (Lipinski definition) is 1. The fourth-order valence-corrected chi connectivity index (χ4v) is 2.96. The maximum absolute atomic E-state index is 5.78. The van der Waals surface area contributed by atoms with Gasteiger partial charge in [-0.05, 0) is 24.5 Å². The summed E-state index contributed by atoms with van der Waals surface area (Å²) in [5, 5.41) is 1.25. The van der Waals surface area contributed by atoms with Gasteiger partial charge in [0.05, 0.1) is 11.2 Å². The molecule has 100 valence electrons. The summed E-state index contributed by atoms with van der Waals surface area (Å²) in [6.07, 6.45) is 2.56. The van der Waals surface area contributed by atoms with Gasteiger partial charge in [0, 0.05) is 30.7 Å². The van der Waals surface area contributed by atoms with Gasteiger partial charge in [-0.1, -0.05) is 31.5 Å². The van der Waals surface area contributed by atoms with Gasteiger partial charge in [-0.25, -0.2) is 0 Å². The van der Waals surface area contributed by atoms with Crippen LogP contribution in [-0.2, 0) is 6.54 Å². The zero-order valence-corrected chi connectivity index (χ0v) is 11.5. The van der Waals surface area contributed by atoms with Gasteiger partial charge in [0.1, 0.15) is 0 Å². The minimum Gasteiger partial charge on any atom is -0.371 e. The largest absolute Gasteiger partial charge is 0.371 e. The SMILES string of the molecule is CCC1CCN(c2cc(CN)nc3ccccc23)C1. The Kier molecular flexibility index (Phi) is 3.38. The summed E-state index contributed by atoms with van der Waals surface area (Å²) in [4.78, 5) is 7.11. The van der Waals surface area contributed by atoms with Crippen molar-refractivity contribution in [3.05, 3.63) is 36.0 Å². The lowest BCUT2D eigenvalue weighted by Crippen LogP contribution is -2.20. The van der Waals surface area contributed by atoms with Crippen LogP contribution >= 0.6 is 0 Å². The third-order valence-corrected chi connectivity index (χ3v) is 4.16. The van der Waals surface area contributed by atoms with Crippen LogP contribution in [0, 0.1) is 5.92 Å². The van der Waals surface area contributed by atoms with Gasteiger partial charge in [-0.15, -0.1) is 0 Å². The van der Waals surface area contributed by atoms with Gasteiger partial charge < -0.3 is 10.6 Å². The van der Waals surface area contributed by atoms with Crippen LogP contribution in [0.25, 0.3) is 10.9 Å². The first-order valence-electron chi connectivity index (χ1n) is 7.15. The van der Waals surface area contributed by atoms with Crippen LogP contribution in [0.1, 0.15) is 25.5 Å². The lowest BCUT2D eigenvalue weighted by atomic mass is 10.1. The fourth-order valence-electron chi connectivity index (χ4n) is 2.96. The standard InChI is InChI=1S/C16H21N3/c1-2-12-7-8-19(11-12)16-9-13(10-17)18-15-6-4-3-5-14(15)16/h3-6,9,12H,2,7-8,10-11,17H2,1H3. The van der Waals surface area contributed by atoms with E-state index in [-0.39, 0.29) is 0 Å². The molecule has 1 aromatic carbocycles. The minimum atomic E-state index is 0.503. The molecule has 1 aromatic heterocycles. The molecule has 1 aliphatic heterocycles. The molecule has 1 saturated heterocycles. The molecule has 1 aliphatic rings. The summed E-state index contributed by atoms with van der Waals surface area (Å²) >= 11 is 0. The van der Waals surface area contributed by atoms with Crippen LogP contribution < -0.4 is 10.6 Å². The average Bonchev–Trinajstić information content (AvgIpc) is 2.94. The van der Waals surface area contributed by atoms with Crippen molar-refractivity contribution in [1.82, 2.24) is 4.98 Å². The first-order valence-corrected chi connectivity index (χ1v) is 7.15. The number of hydrogen-bond acceptors (Lipinski definition) is 3. The van der Waals surface area contributed by atoms with Gasteiger partial charge in [-0.3, -0.25) is 4.98 Å². The maximum atomic E-state index is 5.78. The van der Waals surface area contributed by atoms with E-state index in [1.807, 2.05) is 6.07 Å². The third kappa shape index (κ3) is 2.30. The van der Waals surface area contributed by atoms with Gasteiger partial charge in [0.2, 0.25) is 0 Å². The summed E-state index contributed by atoms with van der Waals surface area (Å²) in [6.45, 7) is 5.10. The second kappa shape index (κ2) is 5.17. The third-order valence-electron chi connectivity index (χ3n) is 4.16. The van der Waals surface area contributed by atoms with Crippen LogP contribution in [0.15, 0.2) is 30.3 Å². The predicted octanol–water partition coefficient (Wildman–Crippen LogP) is 2.93. The first kappa shape index (κ1) is 12.4. The van der Waals surface area contributed by atoms with Crippen molar-refractivity contribution in [3.63, 3.8) is 0 Å². The van der Waals surface area contributed by atoms with Crippen LogP contribution in [0.4, 0.5) is 5.69 Å². The number of pyridine rings is 1. The van der Waals surface area contributed by atoms with Crippen molar-refractivity contribution in [2.24, 2.45) is 11.7 Å². The van der Waals surface area contributed by atoms with Crippen molar-refractivity contribution in [3.8, 4) is 0 Å². The van der Waals surface area contributed by atoms with Crippen LogP contribution in [0.5, 0.6) is 0 Å². The molecular formula is C16H21N3. The lowest BCUT2D eigenvalue weighted by molar-refractivity contribution is 0.569. The molecule has 3 nitrogen and oxygen atoms in total. The number of fused-ring (bicyclic) bond motifs is 1. The molecule has 3 heteroatoms. The van der Waals surface area contributed by atoms with Gasteiger partial charge >= 0.3 is 0 Å². The van der Waals surface area contributed by atoms with Crippen LogP contribution in [0.3, 0.4) is 0 Å². The Morgan fingerprint density at radius 2 is 2.21 bits per heavy atom. The van der Waals surface area contributed by atoms with Gasteiger partial charge in [0.25, 0.3) is 0 Å². The molecule has 0 spiro atoms. The van der Waals surface area contributed by atoms with E-state index >= 15 is 0 Å². The summed E-state index contributed by atoms with van der Waals surface area (Å²) in [6, 6.07) is 10.5. The minimum absolute atomic E-state index is 0.503. The molecule has 2 N–H and O–H groups in total. The molecule has 1 unspecified atom stereocenters. The fraction of sp³-hybridized carbons (Fsp3) is 0.438. The number of nitrogens with zero attached hydrogens (tertiary/aromatic N) is 2. The molecule has 0 saturated carbocycles. The number of benzene rings is 1. The number of aromatic nitrogens is 1. The number of anilines is 1. The van der Waals surface area contributed by atoms with E-state index in [0.717, 1.165) is 30.2 Å². The van der Waals surface area contributed by atoms with E-state index in [9.17, 15) is 0 Å². The summed E-state index contributed by atoms with van der Waals surface area (Å²) in [5.74, 6) is 0.827. The lowest BCUT2D eigenvalue weighted by Gasteiger charge is -2.21. The smallest absolute Gasteiger partial charge is 0.0726 e. The van der Waals surface area contributed by atoms with E-state index in [2.05, 4.69) is 41.1 Å². The van der Waals surface area contributed by atoms with Gasteiger partial charge in [0.15, 0.2) is 0 Å². The highest BCUT2D eigenvalue weighted by Gasteiger charge is 2.22. The molecule has 0 radical (unpaired) electrons. The molecule has 2 heterocycles. The molecule has 2 aromatic rings. The highest BCUT2D eigenvalue weighted by Crippen LogP contribution is 2.31. The molecule has 1 fully saturated rings. The number of rotatable bonds is 3. The molecule has 0 bridgehead atoms. The Morgan fingerprint density at radius 3 is 2.95 bits per heavy atom. The molecule has 19 heavy (non-hydrogen) atoms.